The van der Waals surface area contributed by atoms with E-state index in [4.69, 9.17) is 4.74 Å². The summed E-state index contributed by atoms with van der Waals surface area (Å²) in [4.78, 5) is 13.8. The Bertz CT molecular complexity index is 291. The van der Waals surface area contributed by atoms with Gasteiger partial charge in [-0.05, 0) is 58.5 Å². The Morgan fingerprint density at radius 1 is 1.35 bits per heavy atom. The zero-order chi connectivity index (χ0) is 15.2. The number of piperidine rings is 1. The number of hydrogen-bond donors (Lipinski definition) is 1. The third-order valence-corrected chi connectivity index (χ3v) is 3.89. The Balaban J connectivity index is 2.21. The van der Waals surface area contributed by atoms with Crippen LogP contribution in [-0.2, 0) is 4.74 Å². The first kappa shape index (κ1) is 17.3. The maximum atomic E-state index is 12.0. The molecule has 0 radical (unpaired) electrons. The normalized spacial score (nSPS) is 18.9. The number of rotatable bonds is 5. The van der Waals surface area contributed by atoms with Crippen LogP contribution in [0.4, 0.5) is 4.79 Å². The molecule has 1 amide bonds. The molecule has 0 aromatic rings. The fourth-order valence-electron chi connectivity index (χ4n) is 2.32. The number of hydrogen-bond acceptors (Lipinski definition) is 3. The Kier molecular flexibility index (Phi) is 6.80. The molecule has 1 aliphatic heterocycles. The highest BCUT2D eigenvalue weighted by atomic mass is 16.6. The van der Waals surface area contributed by atoms with Gasteiger partial charge < -0.3 is 15.0 Å². The molecule has 1 saturated heterocycles. The van der Waals surface area contributed by atoms with Crippen LogP contribution < -0.4 is 5.32 Å². The standard InChI is InChI=1S/C16H32N2O2/c1-6-13(2)11-17-12-14-7-9-18(10-8-14)15(19)20-16(3,4)5/h13-14,17H,6-12H2,1-5H3. The number of ether oxygens (including phenoxy) is 1. The highest BCUT2D eigenvalue weighted by Crippen LogP contribution is 2.19. The summed E-state index contributed by atoms with van der Waals surface area (Å²) in [5.41, 5.74) is -0.397. The Morgan fingerprint density at radius 2 is 1.95 bits per heavy atom. The molecule has 118 valence electrons. The fraction of sp³-hybridized carbons (Fsp3) is 0.938. The summed E-state index contributed by atoms with van der Waals surface area (Å²) in [6.45, 7) is 14.1. The number of nitrogens with zero attached hydrogens (tertiary/aromatic N) is 1. The van der Waals surface area contributed by atoms with Crippen molar-refractivity contribution in [2.45, 2.75) is 59.5 Å². The molecule has 0 bridgehead atoms. The second kappa shape index (κ2) is 7.87. The molecule has 1 heterocycles. The number of nitrogens with one attached hydrogen (secondary N) is 1. The SMILES string of the molecule is CCC(C)CNCC1CCN(C(=O)OC(C)(C)C)CC1. The first-order valence-electron chi connectivity index (χ1n) is 8.00. The van der Waals surface area contributed by atoms with Crippen LogP contribution in [-0.4, -0.2) is 42.8 Å². The lowest BCUT2D eigenvalue weighted by Gasteiger charge is -2.33. The topological polar surface area (TPSA) is 41.6 Å². The van der Waals surface area contributed by atoms with Gasteiger partial charge in [-0.25, -0.2) is 4.79 Å². The molecule has 0 aliphatic carbocycles. The summed E-state index contributed by atoms with van der Waals surface area (Å²) in [6.07, 6.45) is 3.22. The van der Waals surface area contributed by atoms with E-state index in [0.29, 0.717) is 5.92 Å². The zero-order valence-electron chi connectivity index (χ0n) is 13.9. The van der Waals surface area contributed by atoms with Crippen molar-refractivity contribution in [3.8, 4) is 0 Å². The third kappa shape index (κ3) is 6.60. The minimum atomic E-state index is -0.397. The predicted octanol–water partition coefficient (Wildman–Crippen LogP) is 3.27. The van der Waals surface area contributed by atoms with Crippen molar-refractivity contribution in [2.24, 2.45) is 11.8 Å². The Labute approximate surface area is 124 Å². The van der Waals surface area contributed by atoms with E-state index in [1.807, 2.05) is 25.7 Å². The van der Waals surface area contributed by atoms with Crippen molar-refractivity contribution >= 4 is 6.09 Å². The molecule has 4 heteroatoms. The molecule has 4 nitrogen and oxygen atoms in total. The Morgan fingerprint density at radius 3 is 2.45 bits per heavy atom. The highest BCUT2D eigenvalue weighted by Gasteiger charge is 2.26. The van der Waals surface area contributed by atoms with Crippen molar-refractivity contribution < 1.29 is 9.53 Å². The molecule has 0 aromatic carbocycles. The van der Waals surface area contributed by atoms with Gasteiger partial charge >= 0.3 is 6.09 Å². The lowest BCUT2D eigenvalue weighted by atomic mass is 9.97. The van der Waals surface area contributed by atoms with Crippen LogP contribution in [0.15, 0.2) is 0 Å². The van der Waals surface area contributed by atoms with Crippen molar-refractivity contribution in [1.29, 1.82) is 0 Å². The minimum absolute atomic E-state index is 0.163. The van der Waals surface area contributed by atoms with Crippen molar-refractivity contribution in [1.82, 2.24) is 10.2 Å². The Hall–Kier alpha value is -0.770. The molecule has 1 aliphatic rings. The molecule has 1 rings (SSSR count). The van der Waals surface area contributed by atoms with Crippen LogP contribution in [0.25, 0.3) is 0 Å². The molecule has 1 unspecified atom stereocenters. The van der Waals surface area contributed by atoms with E-state index in [1.165, 1.54) is 6.42 Å². The zero-order valence-corrected chi connectivity index (χ0v) is 13.9. The summed E-state index contributed by atoms with van der Waals surface area (Å²) in [7, 11) is 0. The van der Waals surface area contributed by atoms with Crippen molar-refractivity contribution in [3.63, 3.8) is 0 Å². The number of carbonyl (C=O) groups excluding carboxylic acids is 1. The predicted molar refractivity (Wildman–Crippen MR) is 82.9 cm³/mol. The average molecular weight is 284 g/mol. The first-order valence-corrected chi connectivity index (χ1v) is 8.00. The summed E-state index contributed by atoms with van der Waals surface area (Å²) >= 11 is 0. The summed E-state index contributed by atoms with van der Waals surface area (Å²) in [5, 5.41) is 3.55. The van der Waals surface area contributed by atoms with Gasteiger partial charge in [-0.1, -0.05) is 20.3 Å². The van der Waals surface area contributed by atoms with Crippen LogP contribution >= 0.6 is 0 Å². The van der Waals surface area contributed by atoms with Gasteiger partial charge in [-0.3, -0.25) is 0 Å². The second-order valence-corrected chi connectivity index (χ2v) is 7.08. The van der Waals surface area contributed by atoms with Gasteiger partial charge in [-0.2, -0.15) is 0 Å². The molecular formula is C16H32N2O2. The van der Waals surface area contributed by atoms with Gasteiger partial charge in [0.2, 0.25) is 0 Å². The maximum absolute atomic E-state index is 12.0. The minimum Gasteiger partial charge on any atom is -0.444 e. The molecule has 0 spiro atoms. The first-order chi connectivity index (χ1) is 9.31. The smallest absolute Gasteiger partial charge is 0.410 e. The molecule has 1 fully saturated rings. The number of amides is 1. The molecule has 0 aromatic heterocycles. The van der Waals surface area contributed by atoms with Crippen LogP contribution in [0.3, 0.4) is 0 Å². The van der Waals surface area contributed by atoms with E-state index in [1.54, 1.807) is 0 Å². The molecular weight excluding hydrogens is 252 g/mol. The molecule has 20 heavy (non-hydrogen) atoms. The summed E-state index contributed by atoms with van der Waals surface area (Å²) < 4.78 is 5.41. The lowest BCUT2D eigenvalue weighted by molar-refractivity contribution is 0.0184. The van der Waals surface area contributed by atoms with E-state index >= 15 is 0 Å². The van der Waals surface area contributed by atoms with E-state index < -0.39 is 5.60 Å². The van der Waals surface area contributed by atoms with E-state index in [2.05, 4.69) is 19.2 Å². The quantitative estimate of drug-likeness (QED) is 0.842. The molecule has 0 saturated carbocycles. The third-order valence-electron chi connectivity index (χ3n) is 3.89. The van der Waals surface area contributed by atoms with E-state index in [9.17, 15) is 4.79 Å². The maximum Gasteiger partial charge on any atom is 0.410 e. The van der Waals surface area contributed by atoms with Crippen LogP contribution in [0.2, 0.25) is 0 Å². The largest absolute Gasteiger partial charge is 0.444 e. The van der Waals surface area contributed by atoms with Gasteiger partial charge in [0.05, 0.1) is 0 Å². The van der Waals surface area contributed by atoms with Gasteiger partial charge in [0.25, 0.3) is 0 Å². The fourth-order valence-corrected chi connectivity index (χ4v) is 2.32. The van der Waals surface area contributed by atoms with Gasteiger partial charge in [0.1, 0.15) is 5.60 Å². The van der Waals surface area contributed by atoms with Crippen LogP contribution in [0.1, 0.15) is 53.9 Å². The van der Waals surface area contributed by atoms with Crippen LogP contribution in [0.5, 0.6) is 0 Å². The molecule has 1 N–H and O–H groups in total. The summed E-state index contributed by atoms with van der Waals surface area (Å²) in [6, 6.07) is 0. The van der Waals surface area contributed by atoms with Crippen molar-refractivity contribution in [2.75, 3.05) is 26.2 Å². The lowest BCUT2D eigenvalue weighted by Crippen LogP contribution is -2.43. The summed E-state index contributed by atoms with van der Waals surface area (Å²) in [5.74, 6) is 1.44. The molecule has 1 atom stereocenters. The van der Waals surface area contributed by atoms with E-state index in [-0.39, 0.29) is 6.09 Å². The van der Waals surface area contributed by atoms with E-state index in [0.717, 1.165) is 44.9 Å². The van der Waals surface area contributed by atoms with Crippen molar-refractivity contribution in [3.05, 3.63) is 0 Å². The van der Waals surface area contributed by atoms with Gasteiger partial charge in [-0.15, -0.1) is 0 Å². The van der Waals surface area contributed by atoms with Gasteiger partial charge in [0, 0.05) is 13.1 Å². The second-order valence-electron chi connectivity index (χ2n) is 7.08. The van der Waals surface area contributed by atoms with Crippen LogP contribution in [0, 0.1) is 11.8 Å². The highest BCUT2D eigenvalue weighted by molar-refractivity contribution is 5.68. The average Bonchev–Trinajstić information content (AvgIpc) is 2.37. The number of carbonyl (C=O) groups is 1. The number of likely N-dealkylation sites (tertiary alicyclic amines) is 1. The monoisotopic (exact) mass is 284 g/mol. The van der Waals surface area contributed by atoms with Gasteiger partial charge in [0.15, 0.2) is 0 Å².